The maximum absolute atomic E-state index is 13.2. The van der Waals surface area contributed by atoms with E-state index in [1.807, 2.05) is 0 Å². The number of hydrogen-bond acceptors (Lipinski definition) is 2. The van der Waals surface area contributed by atoms with Gasteiger partial charge in [0.2, 0.25) is 0 Å². The van der Waals surface area contributed by atoms with Crippen molar-refractivity contribution in [3.8, 4) is 4.90 Å². The van der Waals surface area contributed by atoms with Crippen LogP contribution in [-0.2, 0) is 16.0 Å². The molecule has 0 unspecified atom stereocenters. The molecule has 4 fully saturated rings. The third kappa shape index (κ3) is 3.76. The zero-order valence-corrected chi connectivity index (χ0v) is 23.1. The molecule has 1 aromatic heterocycles. The Morgan fingerprint density at radius 1 is 0.838 bits per heavy atom. The largest absolute Gasteiger partial charge is 0.459 e. The summed E-state index contributed by atoms with van der Waals surface area (Å²) < 4.78 is 9.20. The second-order valence-electron chi connectivity index (χ2n) is 12.3. The molecule has 2 nitrogen and oxygen atoms in total. The van der Waals surface area contributed by atoms with E-state index in [1.165, 1.54) is 73.9 Å². The number of hydrogen-bond donors (Lipinski definition) is 0. The van der Waals surface area contributed by atoms with Gasteiger partial charge in [0.05, 0.1) is 0 Å². The van der Waals surface area contributed by atoms with Gasteiger partial charge in [-0.25, -0.2) is 0 Å². The highest BCUT2D eigenvalue weighted by Crippen LogP contribution is 2.59. The SMILES string of the molecule is Cc1cc(-[s+]2c3ccccc3c3ccccc32)cc(C)c1CCC(=O)OC1(C)C2CC3CC(C2)CC1C3. The third-order valence-electron chi connectivity index (χ3n) is 10.1. The lowest BCUT2D eigenvalue weighted by Crippen LogP contribution is -2.58. The number of benzene rings is 3. The summed E-state index contributed by atoms with van der Waals surface area (Å²) in [6, 6.07) is 22.4. The first-order chi connectivity index (χ1) is 17.9. The number of carbonyl (C=O) groups excluding carboxylic acids is 1. The number of fused-ring (bicyclic) bond motifs is 3. The highest BCUT2D eigenvalue weighted by Gasteiger charge is 2.56. The number of rotatable bonds is 5. The molecule has 4 bridgehead atoms. The minimum absolute atomic E-state index is 0.00151. The Labute approximate surface area is 223 Å². The maximum Gasteiger partial charge on any atom is 0.306 e. The predicted octanol–water partition coefficient (Wildman–Crippen LogP) is 9.04. The van der Waals surface area contributed by atoms with Crippen molar-refractivity contribution < 1.29 is 9.53 Å². The lowest BCUT2D eigenvalue weighted by molar-refractivity contribution is -0.203. The topological polar surface area (TPSA) is 26.3 Å². The van der Waals surface area contributed by atoms with Crippen molar-refractivity contribution >= 4 is 36.6 Å². The van der Waals surface area contributed by atoms with Crippen LogP contribution in [0.1, 0.15) is 62.1 Å². The molecule has 4 aliphatic carbocycles. The Balaban J connectivity index is 1.13. The molecule has 0 N–H and O–H groups in total. The molecule has 0 saturated heterocycles. The first-order valence-corrected chi connectivity index (χ1v) is 15.4. The van der Waals surface area contributed by atoms with E-state index in [0.29, 0.717) is 18.3 Å². The normalized spacial score (nSPS) is 28.3. The molecular formula is C34H37O2S+. The van der Waals surface area contributed by atoms with E-state index in [-0.39, 0.29) is 22.0 Å². The van der Waals surface area contributed by atoms with Crippen LogP contribution in [0.25, 0.3) is 25.1 Å². The van der Waals surface area contributed by atoms with Crippen LogP contribution in [0.2, 0.25) is 0 Å². The Morgan fingerprint density at radius 2 is 1.35 bits per heavy atom. The zero-order valence-electron chi connectivity index (χ0n) is 22.3. The van der Waals surface area contributed by atoms with Gasteiger partial charge < -0.3 is 4.74 Å². The molecule has 3 aromatic carbocycles. The standard InChI is InChI=1S/C34H37O2S/c1-21-14-27(37-31-10-6-4-8-29(31)30-9-5-7-11-32(30)37)15-22(2)28(21)12-13-33(35)36-34(3)25-17-23-16-24(19-25)20-26(34)18-23/h4-11,14-15,23-26H,12-13,16-20H2,1-3H3/q+1. The molecule has 37 heavy (non-hydrogen) atoms. The summed E-state index contributed by atoms with van der Waals surface area (Å²) in [6.07, 6.45) is 7.73. The molecular weight excluding hydrogens is 472 g/mol. The van der Waals surface area contributed by atoms with Gasteiger partial charge in [0.15, 0.2) is 14.3 Å². The molecule has 0 radical (unpaired) electrons. The van der Waals surface area contributed by atoms with Crippen molar-refractivity contribution in [1.29, 1.82) is 0 Å². The molecule has 4 saturated carbocycles. The van der Waals surface area contributed by atoms with Crippen molar-refractivity contribution in [2.24, 2.45) is 23.7 Å². The number of carbonyl (C=O) groups is 1. The van der Waals surface area contributed by atoms with Crippen LogP contribution in [0.5, 0.6) is 0 Å². The first-order valence-electron chi connectivity index (χ1n) is 14.2. The van der Waals surface area contributed by atoms with Gasteiger partial charge in [-0.15, -0.1) is 0 Å². The van der Waals surface area contributed by atoms with Gasteiger partial charge in [-0.2, -0.15) is 0 Å². The van der Waals surface area contributed by atoms with Crippen molar-refractivity contribution in [3.63, 3.8) is 0 Å². The average Bonchev–Trinajstić information content (AvgIpc) is 3.21. The second-order valence-corrected chi connectivity index (χ2v) is 14.3. The van der Waals surface area contributed by atoms with Gasteiger partial charge >= 0.3 is 5.97 Å². The first kappa shape index (κ1) is 23.5. The summed E-state index contributed by atoms with van der Waals surface area (Å²) in [5, 5.41) is 2.73. The van der Waals surface area contributed by atoms with E-state index in [1.54, 1.807) is 0 Å². The highest BCUT2D eigenvalue weighted by atomic mass is 32.2. The number of esters is 1. The van der Waals surface area contributed by atoms with E-state index < -0.39 is 0 Å². The van der Waals surface area contributed by atoms with E-state index in [4.69, 9.17) is 4.74 Å². The van der Waals surface area contributed by atoms with E-state index in [0.717, 1.165) is 18.3 Å². The predicted molar refractivity (Wildman–Crippen MR) is 155 cm³/mol. The van der Waals surface area contributed by atoms with Crippen LogP contribution in [0.4, 0.5) is 0 Å². The lowest BCUT2D eigenvalue weighted by atomic mass is 9.50. The van der Waals surface area contributed by atoms with Gasteiger partial charge in [-0.05, 0) is 124 Å². The fraction of sp³-hybridized carbons (Fsp3) is 0.441. The summed E-state index contributed by atoms with van der Waals surface area (Å²) in [4.78, 5) is 14.5. The van der Waals surface area contributed by atoms with Gasteiger partial charge in [-0.3, -0.25) is 4.79 Å². The van der Waals surface area contributed by atoms with Gasteiger partial charge in [-0.1, -0.05) is 24.3 Å². The molecule has 1 heterocycles. The van der Waals surface area contributed by atoms with Crippen LogP contribution in [0, 0.1) is 37.5 Å². The van der Waals surface area contributed by atoms with Gasteiger partial charge in [0, 0.05) is 39.8 Å². The van der Waals surface area contributed by atoms with Crippen LogP contribution in [-0.4, -0.2) is 11.6 Å². The summed E-state index contributed by atoms with van der Waals surface area (Å²) in [7, 11) is -0.0865. The lowest BCUT2D eigenvalue weighted by Gasteiger charge is -2.59. The summed E-state index contributed by atoms with van der Waals surface area (Å²) >= 11 is 0. The maximum atomic E-state index is 13.2. The smallest absolute Gasteiger partial charge is 0.306 e. The molecule has 0 aliphatic heterocycles. The Bertz CT molecular complexity index is 1420. The van der Waals surface area contributed by atoms with Crippen molar-refractivity contribution in [2.75, 3.05) is 0 Å². The molecule has 0 amide bonds. The minimum atomic E-state index is -0.233. The molecule has 0 atom stereocenters. The molecule has 0 spiro atoms. The second kappa shape index (κ2) is 8.70. The molecule has 4 aliphatic rings. The molecule has 4 aromatic rings. The van der Waals surface area contributed by atoms with Crippen LogP contribution < -0.4 is 0 Å². The van der Waals surface area contributed by atoms with E-state index in [2.05, 4.69) is 81.4 Å². The summed E-state index contributed by atoms with van der Waals surface area (Å²) in [6.45, 7) is 6.68. The zero-order chi connectivity index (χ0) is 25.3. The summed E-state index contributed by atoms with van der Waals surface area (Å²) in [5.41, 5.74) is 3.65. The van der Waals surface area contributed by atoms with Crippen molar-refractivity contribution in [1.82, 2.24) is 0 Å². The molecule has 190 valence electrons. The van der Waals surface area contributed by atoms with Crippen molar-refractivity contribution in [2.45, 2.75) is 71.3 Å². The van der Waals surface area contributed by atoms with Gasteiger partial charge in [0.25, 0.3) is 0 Å². The van der Waals surface area contributed by atoms with Crippen LogP contribution >= 0.6 is 10.5 Å². The fourth-order valence-electron chi connectivity index (χ4n) is 8.38. The van der Waals surface area contributed by atoms with Crippen LogP contribution in [0.3, 0.4) is 0 Å². The minimum Gasteiger partial charge on any atom is -0.459 e. The van der Waals surface area contributed by atoms with Crippen molar-refractivity contribution in [3.05, 3.63) is 77.4 Å². The Morgan fingerprint density at radius 3 is 1.89 bits per heavy atom. The highest BCUT2D eigenvalue weighted by molar-refractivity contribution is 7.50. The monoisotopic (exact) mass is 509 g/mol. The summed E-state index contributed by atoms with van der Waals surface area (Å²) in [5.74, 6) is 2.93. The van der Waals surface area contributed by atoms with E-state index in [9.17, 15) is 4.79 Å². The Kier molecular flexibility index (Phi) is 5.52. The fourth-order valence-corrected chi connectivity index (χ4v) is 10.9. The molecule has 8 rings (SSSR count). The quantitative estimate of drug-likeness (QED) is 0.198. The number of aryl methyl sites for hydroxylation is 2. The number of ether oxygens (including phenoxy) is 1. The Hall–Kier alpha value is -2.65. The van der Waals surface area contributed by atoms with Crippen LogP contribution in [0.15, 0.2) is 60.7 Å². The molecule has 3 heteroatoms. The average molecular weight is 510 g/mol. The number of thiophene rings is 1. The third-order valence-corrected chi connectivity index (χ3v) is 12.4. The van der Waals surface area contributed by atoms with Gasteiger partial charge in [0.1, 0.15) is 5.60 Å². The van der Waals surface area contributed by atoms with E-state index >= 15 is 0 Å².